The second-order valence-electron chi connectivity index (χ2n) is 4.63. The number of carbonyl (C=O) groups excluding carboxylic acids is 1. The summed E-state index contributed by atoms with van der Waals surface area (Å²) in [5.41, 5.74) is 7.87. The number of amides is 1. The maximum Gasteiger partial charge on any atom is 0.243 e. The molecule has 0 heterocycles. The molecule has 0 aliphatic heterocycles. The highest BCUT2D eigenvalue weighted by atomic mass is 35.5. The molecule has 0 saturated carbocycles. The number of rotatable bonds is 5. The van der Waals surface area contributed by atoms with Crippen molar-refractivity contribution in [1.29, 1.82) is 0 Å². The minimum Gasteiger partial charge on any atom is -0.397 e. The predicted octanol–water partition coefficient (Wildman–Crippen LogP) is 3.39. The van der Waals surface area contributed by atoms with Gasteiger partial charge in [-0.3, -0.25) is 4.79 Å². The Hall–Kier alpha value is -2.20. The maximum absolute atomic E-state index is 12.2. The van der Waals surface area contributed by atoms with E-state index in [4.69, 9.17) is 17.3 Å². The zero-order chi connectivity index (χ0) is 15.2. The van der Waals surface area contributed by atoms with E-state index >= 15 is 0 Å². The Morgan fingerprint density at radius 3 is 2.62 bits per heavy atom. The van der Waals surface area contributed by atoms with Crippen molar-refractivity contribution in [3.8, 4) is 0 Å². The van der Waals surface area contributed by atoms with Gasteiger partial charge in [-0.2, -0.15) is 0 Å². The lowest BCUT2D eigenvalue weighted by atomic mass is 10.2. The van der Waals surface area contributed by atoms with Crippen molar-refractivity contribution in [2.75, 3.05) is 29.0 Å². The molecule has 0 aliphatic carbocycles. The molecule has 2 rings (SSSR count). The molecule has 0 aromatic heterocycles. The number of hydrogen-bond donors (Lipinski definition) is 2. The van der Waals surface area contributed by atoms with E-state index in [0.717, 1.165) is 12.2 Å². The SMILES string of the molecule is CCN(CC(=O)Nc1cc(Cl)ccc1N)c1ccccc1. The van der Waals surface area contributed by atoms with Gasteiger partial charge in [0.2, 0.25) is 5.91 Å². The first kappa shape index (κ1) is 15.2. The van der Waals surface area contributed by atoms with E-state index in [0.29, 0.717) is 16.4 Å². The van der Waals surface area contributed by atoms with Crippen LogP contribution in [-0.2, 0) is 4.79 Å². The van der Waals surface area contributed by atoms with Crippen LogP contribution in [0.3, 0.4) is 0 Å². The van der Waals surface area contributed by atoms with Crippen LogP contribution in [0.4, 0.5) is 17.1 Å². The molecule has 2 aromatic rings. The van der Waals surface area contributed by atoms with Crippen molar-refractivity contribution < 1.29 is 4.79 Å². The average molecular weight is 304 g/mol. The zero-order valence-electron chi connectivity index (χ0n) is 11.8. The molecule has 0 aliphatic rings. The third-order valence-corrected chi connectivity index (χ3v) is 3.36. The molecule has 4 nitrogen and oxygen atoms in total. The number of hydrogen-bond acceptors (Lipinski definition) is 3. The number of likely N-dealkylation sites (N-methyl/N-ethyl adjacent to an activating group) is 1. The van der Waals surface area contributed by atoms with Crippen molar-refractivity contribution in [1.82, 2.24) is 0 Å². The van der Waals surface area contributed by atoms with Gasteiger partial charge in [0, 0.05) is 17.3 Å². The molecule has 0 saturated heterocycles. The number of anilines is 3. The lowest BCUT2D eigenvalue weighted by Gasteiger charge is -2.22. The molecule has 0 fully saturated rings. The largest absolute Gasteiger partial charge is 0.397 e. The first-order chi connectivity index (χ1) is 10.1. The van der Waals surface area contributed by atoms with E-state index in [1.807, 2.05) is 42.2 Å². The molecule has 110 valence electrons. The van der Waals surface area contributed by atoms with Crippen LogP contribution in [0.15, 0.2) is 48.5 Å². The fourth-order valence-corrected chi connectivity index (χ4v) is 2.20. The summed E-state index contributed by atoms with van der Waals surface area (Å²) in [4.78, 5) is 14.1. The quantitative estimate of drug-likeness (QED) is 0.832. The number of benzene rings is 2. The van der Waals surface area contributed by atoms with Gasteiger partial charge < -0.3 is 16.0 Å². The first-order valence-electron chi connectivity index (χ1n) is 6.75. The smallest absolute Gasteiger partial charge is 0.243 e. The Kier molecular flexibility index (Phi) is 5.06. The minimum absolute atomic E-state index is 0.130. The van der Waals surface area contributed by atoms with Crippen LogP contribution in [-0.4, -0.2) is 19.0 Å². The Labute approximate surface area is 129 Å². The Morgan fingerprint density at radius 1 is 1.24 bits per heavy atom. The Bertz CT molecular complexity index is 616. The third-order valence-electron chi connectivity index (χ3n) is 3.13. The van der Waals surface area contributed by atoms with E-state index in [2.05, 4.69) is 5.32 Å². The lowest BCUT2D eigenvalue weighted by Crippen LogP contribution is -2.33. The third kappa shape index (κ3) is 4.13. The molecule has 5 heteroatoms. The highest BCUT2D eigenvalue weighted by Gasteiger charge is 2.11. The molecular formula is C16H18ClN3O. The molecule has 0 bridgehead atoms. The van der Waals surface area contributed by atoms with E-state index in [1.54, 1.807) is 18.2 Å². The van der Waals surface area contributed by atoms with Gasteiger partial charge in [0.1, 0.15) is 0 Å². The van der Waals surface area contributed by atoms with Gasteiger partial charge in [-0.1, -0.05) is 29.8 Å². The molecule has 1 amide bonds. The van der Waals surface area contributed by atoms with Crippen LogP contribution in [0.2, 0.25) is 5.02 Å². The normalized spacial score (nSPS) is 10.2. The Balaban J connectivity index is 2.05. The summed E-state index contributed by atoms with van der Waals surface area (Å²) in [7, 11) is 0. The molecule has 0 radical (unpaired) electrons. The summed E-state index contributed by atoms with van der Waals surface area (Å²) in [5, 5.41) is 3.33. The minimum atomic E-state index is -0.130. The van der Waals surface area contributed by atoms with Crippen LogP contribution >= 0.6 is 11.6 Å². The van der Waals surface area contributed by atoms with Crippen molar-refractivity contribution in [2.24, 2.45) is 0 Å². The van der Waals surface area contributed by atoms with Crippen LogP contribution < -0.4 is 16.0 Å². The second kappa shape index (κ2) is 6.99. The van der Waals surface area contributed by atoms with E-state index in [9.17, 15) is 4.79 Å². The monoisotopic (exact) mass is 303 g/mol. The molecule has 2 aromatic carbocycles. The van der Waals surface area contributed by atoms with E-state index in [1.165, 1.54) is 0 Å². The van der Waals surface area contributed by atoms with Crippen LogP contribution in [0.5, 0.6) is 0 Å². The Morgan fingerprint density at radius 2 is 1.95 bits per heavy atom. The van der Waals surface area contributed by atoms with Gasteiger partial charge in [0.25, 0.3) is 0 Å². The van der Waals surface area contributed by atoms with Gasteiger partial charge in [-0.05, 0) is 37.3 Å². The fourth-order valence-electron chi connectivity index (χ4n) is 2.02. The molecule has 0 spiro atoms. The number of nitrogen functional groups attached to an aromatic ring is 1. The van der Waals surface area contributed by atoms with Crippen LogP contribution in [0.1, 0.15) is 6.92 Å². The molecule has 21 heavy (non-hydrogen) atoms. The van der Waals surface area contributed by atoms with Gasteiger partial charge in [0.15, 0.2) is 0 Å². The molecule has 3 N–H and O–H groups in total. The highest BCUT2D eigenvalue weighted by molar-refractivity contribution is 6.31. The van der Waals surface area contributed by atoms with Crippen LogP contribution in [0.25, 0.3) is 0 Å². The van der Waals surface area contributed by atoms with Crippen molar-refractivity contribution in [3.05, 3.63) is 53.6 Å². The zero-order valence-corrected chi connectivity index (χ0v) is 12.6. The summed E-state index contributed by atoms with van der Waals surface area (Å²) in [5.74, 6) is -0.130. The summed E-state index contributed by atoms with van der Waals surface area (Å²) < 4.78 is 0. The van der Waals surface area contributed by atoms with E-state index < -0.39 is 0 Å². The summed E-state index contributed by atoms with van der Waals surface area (Å²) in [6, 6.07) is 14.8. The van der Waals surface area contributed by atoms with Crippen molar-refractivity contribution in [2.45, 2.75) is 6.92 Å². The fraction of sp³-hybridized carbons (Fsp3) is 0.188. The number of halogens is 1. The molecule has 0 atom stereocenters. The number of nitrogens with one attached hydrogen (secondary N) is 1. The molecular weight excluding hydrogens is 286 g/mol. The highest BCUT2D eigenvalue weighted by Crippen LogP contribution is 2.23. The summed E-state index contributed by atoms with van der Waals surface area (Å²) >= 11 is 5.91. The average Bonchev–Trinajstić information content (AvgIpc) is 2.49. The predicted molar refractivity (Wildman–Crippen MR) is 88.8 cm³/mol. The van der Waals surface area contributed by atoms with Gasteiger partial charge in [0.05, 0.1) is 17.9 Å². The second-order valence-corrected chi connectivity index (χ2v) is 5.07. The summed E-state index contributed by atoms with van der Waals surface area (Å²) in [6.07, 6.45) is 0. The number of nitrogens with zero attached hydrogens (tertiary/aromatic N) is 1. The first-order valence-corrected chi connectivity index (χ1v) is 7.13. The summed E-state index contributed by atoms with van der Waals surface area (Å²) in [6.45, 7) is 3.00. The number of para-hydroxylation sites is 1. The van der Waals surface area contributed by atoms with Gasteiger partial charge in [-0.25, -0.2) is 0 Å². The van der Waals surface area contributed by atoms with Crippen molar-refractivity contribution in [3.63, 3.8) is 0 Å². The van der Waals surface area contributed by atoms with Gasteiger partial charge >= 0.3 is 0 Å². The van der Waals surface area contributed by atoms with Crippen molar-refractivity contribution >= 4 is 34.6 Å². The standard InChI is InChI=1S/C16H18ClN3O/c1-2-20(13-6-4-3-5-7-13)11-16(21)19-15-10-12(17)8-9-14(15)18/h3-10H,2,11,18H2,1H3,(H,19,21). The number of carbonyl (C=O) groups is 1. The van der Waals surface area contributed by atoms with Crippen LogP contribution in [0, 0.1) is 0 Å². The topological polar surface area (TPSA) is 58.4 Å². The van der Waals surface area contributed by atoms with E-state index in [-0.39, 0.29) is 12.5 Å². The lowest BCUT2D eigenvalue weighted by molar-refractivity contribution is -0.115. The molecule has 0 unspecified atom stereocenters. The number of nitrogens with two attached hydrogens (primary N) is 1. The van der Waals surface area contributed by atoms with Gasteiger partial charge in [-0.15, -0.1) is 0 Å². The maximum atomic E-state index is 12.2.